The summed E-state index contributed by atoms with van der Waals surface area (Å²) in [5, 5.41) is 0.688. The molecule has 1 aromatic heterocycles. The van der Waals surface area contributed by atoms with Gasteiger partial charge in [-0.3, -0.25) is 9.59 Å². The molecule has 128 valence electrons. The minimum atomic E-state index is -0.251. The van der Waals surface area contributed by atoms with Crippen molar-refractivity contribution in [2.75, 3.05) is 0 Å². The van der Waals surface area contributed by atoms with Crippen LogP contribution in [0.5, 0.6) is 5.75 Å². The average molecular weight is 400 g/mol. The standard InChI is InChI=1S/C20H18BrNO3/c1-2-16(21)20(24)15-8-10-17(19-14(15)9-11-18(23)22-19)25-12-13-6-4-3-5-7-13/h3-11,16H,2,12H2,1H3,(H,22,23). The van der Waals surface area contributed by atoms with Crippen LogP contribution in [-0.4, -0.2) is 15.6 Å². The Morgan fingerprint density at radius 2 is 1.88 bits per heavy atom. The molecule has 1 heterocycles. The van der Waals surface area contributed by atoms with Gasteiger partial charge < -0.3 is 9.72 Å². The van der Waals surface area contributed by atoms with Gasteiger partial charge in [-0.2, -0.15) is 0 Å². The molecule has 0 aliphatic heterocycles. The molecule has 0 amide bonds. The maximum atomic E-state index is 12.6. The molecule has 1 atom stereocenters. The number of halogens is 1. The molecule has 0 saturated carbocycles. The number of H-pyrrole nitrogens is 1. The third kappa shape index (κ3) is 3.82. The number of aromatic nitrogens is 1. The fourth-order valence-corrected chi connectivity index (χ4v) is 2.90. The molecule has 2 aromatic carbocycles. The van der Waals surface area contributed by atoms with Gasteiger partial charge in [0.25, 0.3) is 0 Å². The molecular weight excluding hydrogens is 382 g/mol. The number of pyridine rings is 1. The number of carbonyl (C=O) groups is 1. The summed E-state index contributed by atoms with van der Waals surface area (Å²) in [6.45, 7) is 2.33. The number of aromatic amines is 1. The Kier molecular flexibility index (Phi) is 5.34. The van der Waals surface area contributed by atoms with Gasteiger partial charge in [0, 0.05) is 17.0 Å². The van der Waals surface area contributed by atoms with E-state index in [1.165, 1.54) is 6.07 Å². The molecular formula is C20H18BrNO3. The van der Waals surface area contributed by atoms with E-state index in [2.05, 4.69) is 20.9 Å². The van der Waals surface area contributed by atoms with E-state index in [0.717, 1.165) is 5.56 Å². The van der Waals surface area contributed by atoms with Crippen LogP contribution in [0.4, 0.5) is 0 Å². The van der Waals surface area contributed by atoms with Gasteiger partial charge >= 0.3 is 0 Å². The van der Waals surface area contributed by atoms with Gasteiger partial charge in [-0.1, -0.05) is 53.2 Å². The van der Waals surface area contributed by atoms with Crippen molar-refractivity contribution in [3.63, 3.8) is 0 Å². The summed E-state index contributed by atoms with van der Waals surface area (Å²) >= 11 is 3.41. The quantitative estimate of drug-likeness (QED) is 0.491. The number of hydrogen-bond acceptors (Lipinski definition) is 3. The topological polar surface area (TPSA) is 59.2 Å². The zero-order valence-corrected chi connectivity index (χ0v) is 15.4. The number of Topliss-reactive ketones (excluding diaryl/α,β-unsaturated/α-hetero) is 1. The van der Waals surface area contributed by atoms with E-state index in [1.807, 2.05) is 37.3 Å². The second kappa shape index (κ2) is 7.66. The van der Waals surface area contributed by atoms with Gasteiger partial charge in [-0.05, 0) is 30.2 Å². The number of rotatable bonds is 6. The average Bonchev–Trinajstić information content (AvgIpc) is 2.65. The fraction of sp³-hybridized carbons (Fsp3) is 0.200. The summed E-state index contributed by atoms with van der Waals surface area (Å²) in [6, 6.07) is 16.4. The molecule has 0 fully saturated rings. The van der Waals surface area contributed by atoms with Crippen LogP contribution in [0.15, 0.2) is 59.4 Å². The van der Waals surface area contributed by atoms with Gasteiger partial charge in [0.15, 0.2) is 5.78 Å². The van der Waals surface area contributed by atoms with Crippen molar-refractivity contribution in [3.8, 4) is 5.75 Å². The van der Waals surface area contributed by atoms with Crippen molar-refractivity contribution in [3.05, 3.63) is 76.1 Å². The lowest BCUT2D eigenvalue weighted by molar-refractivity contribution is 0.0991. The van der Waals surface area contributed by atoms with Crippen LogP contribution in [0.3, 0.4) is 0 Å². The van der Waals surface area contributed by atoms with E-state index in [4.69, 9.17) is 4.74 Å². The number of carbonyl (C=O) groups excluding carboxylic acids is 1. The minimum absolute atomic E-state index is 0.00541. The van der Waals surface area contributed by atoms with Crippen molar-refractivity contribution >= 4 is 32.6 Å². The van der Waals surface area contributed by atoms with Crippen LogP contribution in [0.2, 0.25) is 0 Å². The lowest BCUT2D eigenvalue weighted by atomic mass is 10.0. The molecule has 0 saturated heterocycles. The van der Waals surface area contributed by atoms with E-state index < -0.39 is 0 Å². The van der Waals surface area contributed by atoms with Gasteiger partial charge in [0.2, 0.25) is 5.56 Å². The first-order valence-electron chi connectivity index (χ1n) is 8.11. The Morgan fingerprint density at radius 1 is 1.12 bits per heavy atom. The van der Waals surface area contributed by atoms with E-state index in [9.17, 15) is 9.59 Å². The van der Waals surface area contributed by atoms with Gasteiger partial charge in [-0.15, -0.1) is 0 Å². The van der Waals surface area contributed by atoms with Crippen LogP contribution >= 0.6 is 15.9 Å². The number of alkyl halides is 1. The van der Waals surface area contributed by atoms with Crippen molar-refractivity contribution in [1.82, 2.24) is 4.98 Å². The van der Waals surface area contributed by atoms with Crippen LogP contribution in [0, 0.1) is 0 Å². The van der Waals surface area contributed by atoms with E-state index >= 15 is 0 Å². The van der Waals surface area contributed by atoms with Gasteiger partial charge in [-0.25, -0.2) is 0 Å². The maximum Gasteiger partial charge on any atom is 0.248 e. The molecule has 1 unspecified atom stereocenters. The summed E-state index contributed by atoms with van der Waals surface area (Å²) in [7, 11) is 0. The molecule has 0 bridgehead atoms. The minimum Gasteiger partial charge on any atom is -0.487 e. The van der Waals surface area contributed by atoms with Gasteiger partial charge in [0.05, 0.1) is 10.3 Å². The highest BCUT2D eigenvalue weighted by atomic mass is 79.9. The third-order valence-electron chi connectivity index (χ3n) is 4.00. The second-order valence-electron chi connectivity index (χ2n) is 5.74. The molecule has 3 rings (SSSR count). The third-order valence-corrected chi connectivity index (χ3v) is 5.07. The second-order valence-corrected chi connectivity index (χ2v) is 6.84. The number of benzene rings is 2. The fourth-order valence-electron chi connectivity index (χ4n) is 2.65. The lowest BCUT2D eigenvalue weighted by Gasteiger charge is -2.13. The molecule has 0 aliphatic rings. The number of ether oxygens (including phenoxy) is 1. The van der Waals surface area contributed by atoms with E-state index in [0.29, 0.717) is 35.2 Å². The zero-order valence-electron chi connectivity index (χ0n) is 13.8. The van der Waals surface area contributed by atoms with E-state index in [1.54, 1.807) is 18.2 Å². The molecule has 4 nitrogen and oxygen atoms in total. The molecule has 0 spiro atoms. The highest BCUT2D eigenvalue weighted by Gasteiger charge is 2.19. The van der Waals surface area contributed by atoms with Crippen LogP contribution < -0.4 is 10.3 Å². The Morgan fingerprint density at radius 3 is 2.60 bits per heavy atom. The molecule has 0 aliphatic carbocycles. The van der Waals surface area contributed by atoms with Crippen molar-refractivity contribution in [2.45, 2.75) is 24.8 Å². The smallest absolute Gasteiger partial charge is 0.248 e. The normalized spacial score (nSPS) is 12.1. The Labute approximate surface area is 154 Å². The Bertz CT molecular complexity index is 950. The highest BCUT2D eigenvalue weighted by molar-refractivity contribution is 9.10. The predicted molar refractivity (Wildman–Crippen MR) is 103 cm³/mol. The monoisotopic (exact) mass is 399 g/mol. The first-order chi connectivity index (χ1) is 12.1. The molecule has 5 heteroatoms. The first kappa shape index (κ1) is 17.4. The molecule has 3 aromatic rings. The first-order valence-corrected chi connectivity index (χ1v) is 9.02. The van der Waals surface area contributed by atoms with Crippen LogP contribution in [-0.2, 0) is 6.61 Å². The summed E-state index contributed by atoms with van der Waals surface area (Å²) in [5.74, 6) is 0.546. The number of fused-ring (bicyclic) bond motifs is 1. The molecule has 1 N–H and O–H groups in total. The van der Waals surface area contributed by atoms with E-state index in [-0.39, 0.29) is 16.2 Å². The number of ketones is 1. The van der Waals surface area contributed by atoms with Gasteiger partial charge in [0.1, 0.15) is 12.4 Å². The maximum absolute atomic E-state index is 12.6. The summed E-state index contributed by atoms with van der Waals surface area (Å²) < 4.78 is 5.89. The predicted octanol–water partition coefficient (Wildman–Crippen LogP) is 4.46. The highest BCUT2D eigenvalue weighted by Crippen LogP contribution is 2.28. The number of nitrogens with one attached hydrogen (secondary N) is 1. The lowest BCUT2D eigenvalue weighted by Crippen LogP contribution is -2.14. The largest absolute Gasteiger partial charge is 0.487 e. The number of hydrogen-bond donors (Lipinski definition) is 1. The van der Waals surface area contributed by atoms with Crippen LogP contribution in [0.1, 0.15) is 29.3 Å². The molecule has 25 heavy (non-hydrogen) atoms. The summed E-state index contributed by atoms with van der Waals surface area (Å²) in [6.07, 6.45) is 0.690. The summed E-state index contributed by atoms with van der Waals surface area (Å²) in [5.41, 5.74) is 1.92. The SMILES string of the molecule is CCC(Br)C(=O)c1ccc(OCc2ccccc2)c2[nH]c(=O)ccc12. The Balaban J connectivity index is 2.01. The molecule has 0 radical (unpaired) electrons. The summed E-state index contributed by atoms with van der Waals surface area (Å²) in [4.78, 5) is 26.9. The Hall–Kier alpha value is -2.40. The van der Waals surface area contributed by atoms with Crippen molar-refractivity contribution in [1.29, 1.82) is 0 Å². The van der Waals surface area contributed by atoms with Crippen molar-refractivity contribution < 1.29 is 9.53 Å². The van der Waals surface area contributed by atoms with Crippen molar-refractivity contribution in [2.24, 2.45) is 0 Å². The van der Waals surface area contributed by atoms with Crippen LogP contribution in [0.25, 0.3) is 10.9 Å². The zero-order chi connectivity index (χ0) is 17.8.